The van der Waals surface area contributed by atoms with Crippen LogP contribution in [0.15, 0.2) is 58.3 Å². The van der Waals surface area contributed by atoms with Crippen molar-refractivity contribution in [1.29, 1.82) is 0 Å². The van der Waals surface area contributed by atoms with E-state index in [2.05, 4.69) is 10.2 Å². The molecule has 3 rings (SSSR count). The number of benzene rings is 1. The third-order valence-electron chi connectivity index (χ3n) is 3.45. The molecule has 5 nitrogen and oxygen atoms in total. The Bertz CT molecular complexity index is 767. The maximum Gasteiger partial charge on any atom is 0.200 e. The SMILES string of the molecule is Cn1c(SCCCC(=O)c2ccccc2)nnc1-c1ccco1. The van der Waals surface area contributed by atoms with Crippen LogP contribution in [0.5, 0.6) is 0 Å². The number of rotatable bonds is 7. The molecular formula is C17H17N3O2S. The van der Waals surface area contributed by atoms with Crippen molar-refractivity contribution < 1.29 is 9.21 Å². The second-order valence-electron chi connectivity index (χ2n) is 5.08. The van der Waals surface area contributed by atoms with Crippen molar-refractivity contribution in [2.24, 2.45) is 7.05 Å². The van der Waals surface area contributed by atoms with Gasteiger partial charge in [-0.2, -0.15) is 0 Å². The third-order valence-corrected chi connectivity index (χ3v) is 4.56. The lowest BCUT2D eigenvalue weighted by Gasteiger charge is -2.03. The van der Waals surface area contributed by atoms with Crippen LogP contribution >= 0.6 is 11.8 Å². The second-order valence-corrected chi connectivity index (χ2v) is 6.15. The summed E-state index contributed by atoms with van der Waals surface area (Å²) in [5.74, 6) is 2.41. The van der Waals surface area contributed by atoms with Crippen LogP contribution in [0.25, 0.3) is 11.6 Å². The lowest BCUT2D eigenvalue weighted by atomic mass is 10.1. The van der Waals surface area contributed by atoms with Crippen molar-refractivity contribution in [3.05, 3.63) is 54.3 Å². The van der Waals surface area contributed by atoms with Gasteiger partial charge in [0.2, 0.25) is 0 Å². The zero-order valence-corrected chi connectivity index (χ0v) is 13.6. The third kappa shape index (κ3) is 3.71. The Morgan fingerprint density at radius 2 is 2.00 bits per heavy atom. The fourth-order valence-corrected chi connectivity index (χ4v) is 3.08. The molecule has 0 fully saturated rings. The van der Waals surface area contributed by atoms with Crippen molar-refractivity contribution in [2.75, 3.05) is 5.75 Å². The Labute approximate surface area is 138 Å². The van der Waals surface area contributed by atoms with E-state index >= 15 is 0 Å². The Hall–Kier alpha value is -2.34. The summed E-state index contributed by atoms with van der Waals surface area (Å²) in [6.45, 7) is 0. The number of aromatic nitrogens is 3. The van der Waals surface area contributed by atoms with E-state index in [1.807, 2.05) is 54.1 Å². The van der Waals surface area contributed by atoms with Gasteiger partial charge in [0.05, 0.1) is 6.26 Å². The van der Waals surface area contributed by atoms with Crippen LogP contribution in [0.1, 0.15) is 23.2 Å². The molecule has 6 heteroatoms. The van der Waals surface area contributed by atoms with Crippen molar-refractivity contribution >= 4 is 17.5 Å². The van der Waals surface area contributed by atoms with Gasteiger partial charge in [0.1, 0.15) is 0 Å². The quantitative estimate of drug-likeness (QED) is 0.375. The average molecular weight is 327 g/mol. The number of furan rings is 1. The van der Waals surface area contributed by atoms with E-state index in [-0.39, 0.29) is 5.78 Å². The molecule has 0 saturated carbocycles. The molecule has 118 valence electrons. The summed E-state index contributed by atoms with van der Waals surface area (Å²) in [5.41, 5.74) is 0.774. The summed E-state index contributed by atoms with van der Waals surface area (Å²) in [6, 6.07) is 13.1. The van der Waals surface area contributed by atoms with Crippen LogP contribution in [0.3, 0.4) is 0 Å². The van der Waals surface area contributed by atoms with Crippen LogP contribution < -0.4 is 0 Å². The molecule has 1 aromatic carbocycles. The number of nitrogens with zero attached hydrogens (tertiary/aromatic N) is 3. The predicted octanol–water partition coefficient (Wildman–Crippen LogP) is 3.83. The molecule has 0 atom stereocenters. The normalized spacial score (nSPS) is 10.8. The minimum absolute atomic E-state index is 0.181. The molecule has 23 heavy (non-hydrogen) atoms. The van der Waals surface area contributed by atoms with Crippen LogP contribution in [-0.4, -0.2) is 26.3 Å². The summed E-state index contributed by atoms with van der Waals surface area (Å²) >= 11 is 1.60. The fraction of sp³-hybridized carbons (Fsp3) is 0.235. The van der Waals surface area contributed by atoms with Gasteiger partial charge in [0.15, 0.2) is 22.5 Å². The highest BCUT2D eigenvalue weighted by atomic mass is 32.2. The van der Waals surface area contributed by atoms with E-state index in [4.69, 9.17) is 4.42 Å². The molecule has 2 heterocycles. The van der Waals surface area contributed by atoms with Crippen molar-refractivity contribution in [3.8, 4) is 11.6 Å². The summed E-state index contributed by atoms with van der Waals surface area (Å²) in [4.78, 5) is 12.0. The van der Waals surface area contributed by atoms with E-state index < -0.39 is 0 Å². The molecular weight excluding hydrogens is 310 g/mol. The van der Waals surface area contributed by atoms with Gasteiger partial charge in [-0.3, -0.25) is 4.79 Å². The van der Waals surface area contributed by atoms with Gasteiger partial charge in [-0.15, -0.1) is 10.2 Å². The lowest BCUT2D eigenvalue weighted by Crippen LogP contribution is -2.00. The van der Waals surface area contributed by atoms with E-state index in [1.54, 1.807) is 18.0 Å². The van der Waals surface area contributed by atoms with Gasteiger partial charge in [0, 0.05) is 24.8 Å². The second kappa shape index (κ2) is 7.28. The zero-order valence-electron chi connectivity index (χ0n) is 12.8. The number of Topliss-reactive ketones (excluding diaryl/α,β-unsaturated/α-hetero) is 1. The fourth-order valence-electron chi connectivity index (χ4n) is 2.23. The van der Waals surface area contributed by atoms with E-state index in [1.165, 1.54) is 0 Å². The van der Waals surface area contributed by atoms with Gasteiger partial charge < -0.3 is 8.98 Å². The maximum atomic E-state index is 12.0. The molecule has 0 bridgehead atoms. The van der Waals surface area contributed by atoms with E-state index in [0.29, 0.717) is 18.0 Å². The highest BCUT2D eigenvalue weighted by Gasteiger charge is 2.13. The minimum atomic E-state index is 0.181. The summed E-state index contributed by atoms with van der Waals surface area (Å²) in [5, 5.41) is 9.15. The van der Waals surface area contributed by atoms with Crippen molar-refractivity contribution in [3.63, 3.8) is 0 Å². The van der Waals surface area contributed by atoms with Crippen molar-refractivity contribution in [1.82, 2.24) is 14.8 Å². The first kappa shape index (κ1) is 15.6. The van der Waals surface area contributed by atoms with Crippen molar-refractivity contribution in [2.45, 2.75) is 18.0 Å². The molecule has 0 unspecified atom stereocenters. The monoisotopic (exact) mass is 327 g/mol. The average Bonchev–Trinajstić information content (AvgIpc) is 3.22. The minimum Gasteiger partial charge on any atom is -0.461 e. The number of carbonyl (C=O) groups is 1. The van der Waals surface area contributed by atoms with Gasteiger partial charge in [-0.1, -0.05) is 42.1 Å². The standard InChI is InChI=1S/C17H17N3O2S/c1-20-16(15-10-5-11-22-15)18-19-17(20)23-12-6-9-14(21)13-7-3-2-4-8-13/h2-5,7-8,10-11H,6,9,12H2,1H3. The van der Waals surface area contributed by atoms with Crippen LogP contribution in [-0.2, 0) is 7.05 Å². The predicted molar refractivity (Wildman–Crippen MR) is 89.4 cm³/mol. The number of carbonyl (C=O) groups excluding carboxylic acids is 1. The van der Waals surface area contributed by atoms with Gasteiger partial charge in [-0.05, 0) is 18.6 Å². The highest BCUT2D eigenvalue weighted by Crippen LogP contribution is 2.23. The zero-order chi connectivity index (χ0) is 16.1. The number of hydrogen-bond donors (Lipinski definition) is 0. The number of thioether (sulfide) groups is 1. The van der Waals surface area contributed by atoms with Crippen LogP contribution in [0.4, 0.5) is 0 Å². The molecule has 0 aliphatic heterocycles. The molecule has 0 amide bonds. The molecule has 3 aromatic rings. The van der Waals surface area contributed by atoms with Crippen LogP contribution in [0, 0.1) is 0 Å². The Morgan fingerprint density at radius 1 is 1.17 bits per heavy atom. The van der Waals surface area contributed by atoms with Gasteiger partial charge >= 0.3 is 0 Å². The Morgan fingerprint density at radius 3 is 2.74 bits per heavy atom. The molecule has 0 saturated heterocycles. The van der Waals surface area contributed by atoms with Crippen LogP contribution in [0.2, 0.25) is 0 Å². The molecule has 0 radical (unpaired) electrons. The Kier molecular flexibility index (Phi) is 4.92. The molecule has 0 spiro atoms. The summed E-state index contributed by atoms with van der Waals surface area (Å²) < 4.78 is 7.25. The molecule has 0 aliphatic rings. The van der Waals surface area contributed by atoms with E-state index in [0.717, 1.165) is 22.9 Å². The lowest BCUT2D eigenvalue weighted by molar-refractivity contribution is 0.0982. The number of hydrogen-bond acceptors (Lipinski definition) is 5. The summed E-state index contributed by atoms with van der Waals surface area (Å²) in [6.07, 6.45) is 2.97. The van der Waals surface area contributed by atoms with Gasteiger partial charge in [0.25, 0.3) is 0 Å². The Balaban J connectivity index is 1.51. The maximum absolute atomic E-state index is 12.0. The molecule has 0 aliphatic carbocycles. The first-order chi connectivity index (χ1) is 11.3. The van der Waals surface area contributed by atoms with Gasteiger partial charge in [-0.25, -0.2) is 0 Å². The molecule has 2 aromatic heterocycles. The first-order valence-corrected chi connectivity index (χ1v) is 8.38. The largest absolute Gasteiger partial charge is 0.461 e. The topological polar surface area (TPSA) is 60.9 Å². The number of ketones is 1. The highest BCUT2D eigenvalue weighted by molar-refractivity contribution is 7.99. The molecule has 0 N–H and O–H groups in total. The summed E-state index contributed by atoms with van der Waals surface area (Å²) in [7, 11) is 1.91. The first-order valence-electron chi connectivity index (χ1n) is 7.40. The van der Waals surface area contributed by atoms with E-state index in [9.17, 15) is 4.79 Å². The smallest absolute Gasteiger partial charge is 0.200 e.